The number of carbonyl (C=O) groups is 7. The molecule has 8 bridgehead atoms. The molecule has 0 saturated carbocycles. The summed E-state index contributed by atoms with van der Waals surface area (Å²) in [6, 6.07) is -0.916. The van der Waals surface area contributed by atoms with Crippen molar-refractivity contribution in [2.45, 2.75) is 138 Å². The summed E-state index contributed by atoms with van der Waals surface area (Å²) in [6.45, 7) is 15.1. The number of amides is 1. The number of nitrogens with one attached hydrogen (secondary N) is 2. The molecule has 1 unspecified atom stereocenters. The van der Waals surface area contributed by atoms with E-state index in [0.717, 1.165) is 0 Å². The Hall–Kier alpha value is -5.72. The largest absolute Gasteiger partial charge is 0.481 e. The number of allylic oxidation sites excluding steroid dienone is 6. The first-order valence-electron chi connectivity index (χ1n) is 24.4. The van der Waals surface area contributed by atoms with Crippen LogP contribution < -0.4 is 10.6 Å². The van der Waals surface area contributed by atoms with Crippen LogP contribution in [0.3, 0.4) is 0 Å². The molecule has 0 aliphatic carbocycles. The van der Waals surface area contributed by atoms with Crippen molar-refractivity contribution in [2.75, 3.05) is 48.7 Å². The molecule has 9 atom stereocenters. The van der Waals surface area contributed by atoms with Gasteiger partial charge in [-0.1, -0.05) is 34.6 Å². The van der Waals surface area contributed by atoms with Crippen LogP contribution in [0.25, 0.3) is 0 Å². The first-order chi connectivity index (χ1) is 33.3. The zero-order chi connectivity index (χ0) is 53.0. The molecule has 19 heteroatoms. The van der Waals surface area contributed by atoms with Crippen LogP contribution in [0, 0.1) is 45.3 Å². The van der Waals surface area contributed by atoms with Gasteiger partial charge in [0.15, 0.2) is 0 Å². The maximum atomic E-state index is 14.0. The standard InChI is InChI=1S/C52H75N5O14/c1-28-43-31(15-18-38(62)67-9)48(3,4)35(55-43)25-34-30(14-17-37(60)61)50(6,26-36(59)53-22-23-58)46(54-34)29(2)44-32(16-19-39(63)68-10)51(7,27-42(66)71-13)52(8,57-44)47-33(24-41(65)70-12)49(5,45(28)56-47)21-20-40(64)69-11/h25,30-33,47,54,58H,14-24,26-27H2,1-13H3,(H,53,59)(H,60,61)/b34-25?,43-28?,46-29-/t30-,31-,32-,33+,47?,49-,50+,51+,52+/m1/s1. The molecule has 71 heavy (non-hydrogen) atoms. The van der Waals surface area contributed by atoms with E-state index in [1.807, 2.05) is 61.5 Å². The molecular weight excluding hydrogens is 919 g/mol. The number of aliphatic carboxylic acids is 1. The number of hydrogen-bond acceptors (Lipinski definition) is 17. The van der Waals surface area contributed by atoms with Gasteiger partial charge in [-0.25, -0.2) is 0 Å². The minimum Gasteiger partial charge on any atom is -0.481 e. The number of methoxy groups -OCH3 is 5. The van der Waals surface area contributed by atoms with Crippen molar-refractivity contribution in [1.82, 2.24) is 10.6 Å². The predicted octanol–water partition coefficient (Wildman–Crippen LogP) is 5.39. The van der Waals surface area contributed by atoms with E-state index in [-0.39, 0.29) is 77.4 Å². The van der Waals surface area contributed by atoms with E-state index in [4.69, 9.17) is 38.7 Å². The van der Waals surface area contributed by atoms with E-state index in [1.165, 1.54) is 35.5 Å². The second-order valence-corrected chi connectivity index (χ2v) is 21.1. The van der Waals surface area contributed by atoms with E-state index in [9.17, 15) is 43.8 Å². The van der Waals surface area contributed by atoms with Crippen LogP contribution >= 0.6 is 0 Å². The number of nitrogens with zero attached hydrogens (tertiary/aromatic N) is 3. The fourth-order valence-corrected chi connectivity index (χ4v) is 12.5. The lowest BCUT2D eigenvalue weighted by Gasteiger charge is -2.48. The molecule has 0 aromatic rings. The van der Waals surface area contributed by atoms with Crippen molar-refractivity contribution in [3.8, 4) is 0 Å². The van der Waals surface area contributed by atoms with Crippen molar-refractivity contribution in [1.29, 1.82) is 0 Å². The summed E-state index contributed by atoms with van der Waals surface area (Å²) in [5.74, 6) is -6.46. The fourth-order valence-electron chi connectivity index (χ4n) is 12.5. The van der Waals surface area contributed by atoms with Crippen molar-refractivity contribution in [3.05, 3.63) is 34.3 Å². The molecule has 5 aliphatic heterocycles. The van der Waals surface area contributed by atoms with Gasteiger partial charge in [0, 0.05) is 118 Å². The Bertz CT molecular complexity index is 2360. The SMILES string of the molecule is COC(=O)CC[C@@H]1C2=C(C)C3=NC([C@H](CC(=O)OC)[C@@]3(C)CCC(=O)OC)[C@]3(C)N=C(/C(C)=C4\NC(=CC(=N2)C1(C)C)[C@@H](CCC(=O)O)[C@]4(C)CC(=O)NCCO)[C@@H](CCC(=O)OC)[C@]3(C)CC(=O)OC. The van der Waals surface area contributed by atoms with Gasteiger partial charge in [-0.15, -0.1) is 0 Å². The number of carboxylic acids is 1. The summed E-state index contributed by atoms with van der Waals surface area (Å²) in [7, 11) is 6.50. The van der Waals surface area contributed by atoms with Gasteiger partial charge >= 0.3 is 35.8 Å². The Kier molecular flexibility index (Phi) is 17.4. The van der Waals surface area contributed by atoms with Crippen molar-refractivity contribution in [2.24, 2.45) is 60.3 Å². The van der Waals surface area contributed by atoms with Gasteiger partial charge in [0.05, 0.1) is 66.6 Å². The minimum absolute atomic E-state index is 0.0169. The molecule has 4 N–H and O–H groups in total. The lowest BCUT2D eigenvalue weighted by atomic mass is 9.55. The Labute approximate surface area is 416 Å². The number of ether oxygens (including phenoxy) is 5. The summed E-state index contributed by atoms with van der Waals surface area (Å²) in [6.07, 6.45) is 1.73. The van der Waals surface area contributed by atoms with Crippen LogP contribution in [0.2, 0.25) is 0 Å². The van der Waals surface area contributed by atoms with Crippen LogP contribution in [-0.2, 0) is 57.2 Å². The number of aliphatic hydroxyl groups is 1. The zero-order valence-electron chi connectivity index (χ0n) is 43.8. The number of rotatable bonds is 20. The Balaban J connectivity index is 2.04. The van der Waals surface area contributed by atoms with E-state index in [1.54, 1.807) is 0 Å². The van der Waals surface area contributed by atoms with Crippen molar-refractivity contribution >= 4 is 58.9 Å². The molecule has 19 nitrogen and oxygen atoms in total. The first-order valence-corrected chi connectivity index (χ1v) is 24.4. The summed E-state index contributed by atoms with van der Waals surface area (Å²) in [5.41, 5.74) is -1.04. The molecule has 0 aromatic carbocycles. The molecule has 5 rings (SSSR count). The number of hydrogen-bond donors (Lipinski definition) is 4. The van der Waals surface area contributed by atoms with Gasteiger partial charge in [-0.05, 0) is 63.7 Å². The van der Waals surface area contributed by atoms with E-state index in [2.05, 4.69) is 10.6 Å². The molecule has 5 aliphatic rings. The molecule has 1 amide bonds. The van der Waals surface area contributed by atoms with Gasteiger partial charge in [-0.2, -0.15) is 0 Å². The highest BCUT2D eigenvalue weighted by Crippen LogP contribution is 2.62. The topological polar surface area (TPSA) is 267 Å². The number of carboxylic acid groups (broad SMARTS) is 1. The third-order valence-corrected chi connectivity index (χ3v) is 16.8. The smallest absolute Gasteiger partial charge is 0.306 e. The van der Waals surface area contributed by atoms with E-state index >= 15 is 0 Å². The summed E-state index contributed by atoms with van der Waals surface area (Å²) in [4.78, 5) is 110. The van der Waals surface area contributed by atoms with E-state index in [0.29, 0.717) is 51.8 Å². The first kappa shape index (κ1) is 56.2. The second kappa shape index (κ2) is 22.0. The quantitative estimate of drug-likeness (QED) is 0.0881. The molecule has 0 aromatic heterocycles. The average molecular weight is 994 g/mol. The number of aliphatic imine (C=N–C) groups is 3. The highest BCUT2D eigenvalue weighted by atomic mass is 16.5. The maximum absolute atomic E-state index is 14.0. The average Bonchev–Trinajstić information content (AvgIpc) is 3.94. The lowest BCUT2D eigenvalue weighted by Crippen LogP contribution is -2.55. The minimum atomic E-state index is -1.40. The number of aliphatic hydroxyl groups excluding tert-OH is 1. The Morgan fingerprint density at radius 2 is 1.27 bits per heavy atom. The fraction of sp³-hybridized carbons (Fsp3) is 0.692. The third kappa shape index (κ3) is 10.6. The van der Waals surface area contributed by atoms with Crippen LogP contribution in [0.4, 0.5) is 0 Å². The summed E-state index contributed by atoms with van der Waals surface area (Å²) < 4.78 is 26.2. The van der Waals surface area contributed by atoms with Gasteiger partial charge in [0.1, 0.15) is 0 Å². The van der Waals surface area contributed by atoms with Crippen LogP contribution in [0.5, 0.6) is 0 Å². The van der Waals surface area contributed by atoms with Gasteiger partial charge in [-0.3, -0.25) is 48.5 Å². The summed E-state index contributed by atoms with van der Waals surface area (Å²) in [5, 5.41) is 26.4. The van der Waals surface area contributed by atoms with Crippen LogP contribution in [-0.4, -0.2) is 129 Å². The number of fused-ring (bicyclic) bond motifs is 6. The predicted molar refractivity (Wildman–Crippen MR) is 262 cm³/mol. The Morgan fingerprint density at radius 1 is 0.704 bits per heavy atom. The van der Waals surface area contributed by atoms with Gasteiger partial charge < -0.3 is 44.5 Å². The van der Waals surface area contributed by atoms with Crippen molar-refractivity contribution in [3.63, 3.8) is 0 Å². The molecule has 0 radical (unpaired) electrons. The Morgan fingerprint density at radius 3 is 1.83 bits per heavy atom. The van der Waals surface area contributed by atoms with Crippen LogP contribution in [0.1, 0.15) is 126 Å². The monoisotopic (exact) mass is 994 g/mol. The number of esters is 5. The highest BCUT2D eigenvalue weighted by molar-refractivity contribution is 6.10. The highest BCUT2D eigenvalue weighted by Gasteiger charge is 2.66. The summed E-state index contributed by atoms with van der Waals surface area (Å²) >= 11 is 0. The second-order valence-electron chi connectivity index (χ2n) is 21.1. The third-order valence-electron chi connectivity index (χ3n) is 16.8. The van der Waals surface area contributed by atoms with Gasteiger partial charge in [0.25, 0.3) is 0 Å². The molecule has 5 heterocycles. The molecule has 392 valence electrons. The zero-order valence-corrected chi connectivity index (χ0v) is 43.8. The normalized spacial score (nSPS) is 31.4. The molecule has 1 fully saturated rings. The van der Waals surface area contributed by atoms with E-state index < -0.39 is 98.6 Å². The maximum Gasteiger partial charge on any atom is 0.306 e. The van der Waals surface area contributed by atoms with Gasteiger partial charge in [0.2, 0.25) is 5.91 Å². The lowest BCUT2D eigenvalue weighted by molar-refractivity contribution is -0.147. The molecule has 0 spiro atoms. The molecule has 1 saturated heterocycles. The van der Waals surface area contributed by atoms with Crippen LogP contribution in [0.15, 0.2) is 49.3 Å². The van der Waals surface area contributed by atoms with Crippen molar-refractivity contribution < 1.29 is 67.5 Å². The number of carbonyl (C=O) groups excluding carboxylic acids is 6. The molecular formula is C52H75N5O14.